The molecule has 7 heteroatoms. The fourth-order valence-electron chi connectivity index (χ4n) is 3.75. The van der Waals surface area contributed by atoms with Gasteiger partial charge in [-0.2, -0.15) is 0 Å². The number of thioether (sulfide) groups is 1. The van der Waals surface area contributed by atoms with Crippen molar-refractivity contribution in [1.82, 2.24) is 4.90 Å². The highest BCUT2D eigenvalue weighted by atomic mass is 32.2. The van der Waals surface area contributed by atoms with Crippen LogP contribution in [0, 0.1) is 0 Å². The fraction of sp³-hybridized carbons (Fsp3) is 0.261. The molecular weight excluding hydrogens is 400 g/mol. The lowest BCUT2D eigenvalue weighted by molar-refractivity contribution is -0.153. The summed E-state index contributed by atoms with van der Waals surface area (Å²) < 4.78 is 5.96. The molecule has 154 valence electrons. The van der Waals surface area contributed by atoms with Crippen molar-refractivity contribution < 1.29 is 19.1 Å². The number of nitrogens with zero attached hydrogens (tertiary/aromatic N) is 1. The summed E-state index contributed by atoms with van der Waals surface area (Å²) in [6.45, 7) is 1.47. The number of hydrogen-bond donors (Lipinski definition) is 1. The van der Waals surface area contributed by atoms with Gasteiger partial charge in [-0.15, -0.1) is 11.8 Å². The zero-order chi connectivity index (χ0) is 21.3. The minimum Gasteiger partial charge on any atom is -0.448 e. The van der Waals surface area contributed by atoms with E-state index in [2.05, 4.69) is 0 Å². The van der Waals surface area contributed by atoms with Gasteiger partial charge < -0.3 is 10.5 Å². The lowest BCUT2D eigenvalue weighted by atomic mass is 10.00. The van der Waals surface area contributed by atoms with E-state index in [1.807, 2.05) is 60.7 Å². The van der Waals surface area contributed by atoms with E-state index in [1.54, 1.807) is 0 Å². The SMILES string of the molecule is CC(=O)CC1=C(C(=O)OC(c2ccccc2)c2ccccc2)N2C(=O)C(N)C2SC1. The minimum atomic E-state index is -0.643. The molecule has 2 heterocycles. The Labute approximate surface area is 179 Å². The topological polar surface area (TPSA) is 89.7 Å². The Morgan fingerprint density at radius 2 is 1.67 bits per heavy atom. The first-order valence-electron chi connectivity index (χ1n) is 9.70. The molecule has 0 aliphatic carbocycles. The molecule has 2 aromatic carbocycles. The van der Waals surface area contributed by atoms with Crippen LogP contribution in [0.3, 0.4) is 0 Å². The van der Waals surface area contributed by atoms with Gasteiger partial charge in [0.25, 0.3) is 0 Å². The van der Waals surface area contributed by atoms with E-state index >= 15 is 0 Å². The van der Waals surface area contributed by atoms with E-state index in [0.717, 1.165) is 11.1 Å². The van der Waals surface area contributed by atoms with Crippen LogP contribution in [0.5, 0.6) is 0 Å². The normalized spacial score (nSPS) is 20.6. The second kappa shape index (κ2) is 8.45. The molecule has 2 aliphatic heterocycles. The molecule has 1 fully saturated rings. The first kappa shape index (κ1) is 20.4. The largest absolute Gasteiger partial charge is 0.448 e. The number of β-lactam (4-membered cyclic amide) rings is 1. The quantitative estimate of drug-likeness (QED) is 0.569. The maximum Gasteiger partial charge on any atom is 0.356 e. The number of ketones is 1. The number of carbonyl (C=O) groups is 3. The third kappa shape index (κ3) is 3.78. The van der Waals surface area contributed by atoms with Crippen LogP contribution in [0.15, 0.2) is 71.9 Å². The maximum atomic E-state index is 13.4. The van der Waals surface area contributed by atoms with Gasteiger partial charge in [-0.05, 0) is 23.6 Å². The summed E-state index contributed by atoms with van der Waals surface area (Å²) in [5.74, 6) is -0.548. The number of rotatable bonds is 6. The minimum absolute atomic E-state index is 0.0747. The van der Waals surface area contributed by atoms with E-state index in [4.69, 9.17) is 10.5 Å². The van der Waals surface area contributed by atoms with Crippen LogP contribution in [-0.4, -0.2) is 39.7 Å². The Kier molecular flexibility index (Phi) is 5.74. The van der Waals surface area contributed by atoms with Crippen LogP contribution in [0.2, 0.25) is 0 Å². The van der Waals surface area contributed by atoms with Gasteiger partial charge in [-0.1, -0.05) is 60.7 Å². The molecule has 0 spiro atoms. The standard InChI is InChI=1S/C23H22N2O4S/c1-14(26)12-17-13-30-22-18(24)21(27)25(22)19(17)23(28)29-20(15-8-4-2-5-9-15)16-10-6-3-7-11-16/h2-11,18,20,22H,12-13,24H2,1H3. The molecule has 4 rings (SSSR count). The molecule has 1 saturated heterocycles. The Hall–Kier alpha value is -2.90. The third-order valence-electron chi connectivity index (χ3n) is 5.17. The predicted octanol–water partition coefficient (Wildman–Crippen LogP) is 2.79. The molecule has 0 radical (unpaired) electrons. The van der Waals surface area contributed by atoms with Crippen molar-refractivity contribution in [3.63, 3.8) is 0 Å². The zero-order valence-corrected chi connectivity index (χ0v) is 17.3. The van der Waals surface area contributed by atoms with Gasteiger partial charge in [0.2, 0.25) is 5.91 Å². The summed E-state index contributed by atoms with van der Waals surface area (Å²) in [4.78, 5) is 39.0. The van der Waals surface area contributed by atoms with E-state index in [-0.39, 0.29) is 29.2 Å². The van der Waals surface area contributed by atoms with Gasteiger partial charge in [0.1, 0.15) is 22.9 Å². The summed E-state index contributed by atoms with van der Waals surface area (Å²) in [5, 5.41) is -0.303. The van der Waals surface area contributed by atoms with Gasteiger partial charge in [0.15, 0.2) is 6.10 Å². The number of fused-ring (bicyclic) bond motifs is 1. The molecule has 2 unspecified atom stereocenters. The van der Waals surface area contributed by atoms with Crippen molar-refractivity contribution in [2.45, 2.75) is 30.9 Å². The van der Waals surface area contributed by atoms with Crippen LogP contribution in [0.4, 0.5) is 0 Å². The molecule has 0 aromatic heterocycles. The van der Waals surface area contributed by atoms with E-state index < -0.39 is 18.1 Å². The molecule has 2 aromatic rings. The number of Topliss-reactive ketones (excluding diaryl/α,β-unsaturated/α-hetero) is 1. The fourth-order valence-corrected chi connectivity index (χ4v) is 5.04. The lowest BCUT2D eigenvalue weighted by Crippen LogP contribution is -2.68. The average Bonchev–Trinajstić information content (AvgIpc) is 2.77. The Morgan fingerprint density at radius 3 is 2.20 bits per heavy atom. The number of hydrogen-bond acceptors (Lipinski definition) is 6. The number of amides is 1. The van der Waals surface area contributed by atoms with Crippen LogP contribution in [-0.2, 0) is 19.1 Å². The van der Waals surface area contributed by atoms with Gasteiger partial charge in [-0.3, -0.25) is 14.5 Å². The Bertz CT molecular complexity index is 967. The second-order valence-electron chi connectivity index (χ2n) is 7.37. The molecule has 30 heavy (non-hydrogen) atoms. The van der Waals surface area contributed by atoms with Crippen LogP contribution < -0.4 is 5.73 Å². The molecule has 0 bridgehead atoms. The Balaban J connectivity index is 1.70. The predicted molar refractivity (Wildman–Crippen MR) is 114 cm³/mol. The molecule has 2 atom stereocenters. The second-order valence-corrected chi connectivity index (χ2v) is 8.48. The lowest BCUT2D eigenvalue weighted by Gasteiger charge is -2.48. The van der Waals surface area contributed by atoms with Crippen LogP contribution in [0.1, 0.15) is 30.6 Å². The van der Waals surface area contributed by atoms with E-state index in [0.29, 0.717) is 11.3 Å². The molecule has 2 aliphatic rings. The summed E-state index contributed by atoms with van der Waals surface area (Å²) in [6.07, 6.45) is -0.533. The van der Waals surface area contributed by atoms with Crippen molar-refractivity contribution in [3.8, 4) is 0 Å². The van der Waals surface area contributed by atoms with Crippen molar-refractivity contribution in [1.29, 1.82) is 0 Å². The average molecular weight is 423 g/mol. The van der Waals surface area contributed by atoms with Gasteiger partial charge >= 0.3 is 5.97 Å². The third-order valence-corrected chi connectivity index (χ3v) is 6.53. The van der Waals surface area contributed by atoms with Crippen molar-refractivity contribution in [2.75, 3.05) is 5.75 Å². The van der Waals surface area contributed by atoms with Crippen LogP contribution >= 0.6 is 11.8 Å². The highest BCUT2D eigenvalue weighted by molar-refractivity contribution is 8.00. The smallest absolute Gasteiger partial charge is 0.356 e. The molecule has 2 N–H and O–H groups in total. The van der Waals surface area contributed by atoms with Gasteiger partial charge in [0, 0.05) is 12.2 Å². The molecular formula is C23H22N2O4S. The maximum absolute atomic E-state index is 13.4. The first-order chi connectivity index (χ1) is 14.5. The molecule has 0 saturated carbocycles. The molecule has 1 amide bonds. The number of benzene rings is 2. The number of nitrogens with two attached hydrogens (primary N) is 1. The highest BCUT2D eigenvalue weighted by Crippen LogP contribution is 2.41. The first-order valence-corrected chi connectivity index (χ1v) is 10.7. The zero-order valence-electron chi connectivity index (χ0n) is 16.5. The van der Waals surface area contributed by atoms with Gasteiger partial charge in [0.05, 0.1) is 0 Å². The number of esters is 1. The van der Waals surface area contributed by atoms with Crippen molar-refractivity contribution >= 4 is 29.4 Å². The van der Waals surface area contributed by atoms with Crippen LogP contribution in [0.25, 0.3) is 0 Å². The summed E-state index contributed by atoms with van der Waals surface area (Å²) in [6, 6.07) is 18.2. The molecule has 6 nitrogen and oxygen atoms in total. The Morgan fingerprint density at radius 1 is 1.10 bits per heavy atom. The highest BCUT2D eigenvalue weighted by Gasteiger charge is 2.52. The van der Waals surface area contributed by atoms with Crippen molar-refractivity contribution in [2.24, 2.45) is 5.73 Å². The summed E-state index contributed by atoms with van der Waals surface area (Å²) in [7, 11) is 0. The monoisotopic (exact) mass is 422 g/mol. The number of carbonyl (C=O) groups excluding carboxylic acids is 3. The summed E-state index contributed by atoms with van der Waals surface area (Å²) >= 11 is 1.47. The number of ether oxygens (including phenoxy) is 1. The van der Waals surface area contributed by atoms with Gasteiger partial charge in [-0.25, -0.2) is 4.79 Å². The van der Waals surface area contributed by atoms with E-state index in [1.165, 1.54) is 23.6 Å². The van der Waals surface area contributed by atoms with E-state index in [9.17, 15) is 14.4 Å². The van der Waals surface area contributed by atoms with Crippen molar-refractivity contribution in [3.05, 3.63) is 83.1 Å². The summed E-state index contributed by atoms with van der Waals surface area (Å²) in [5.41, 5.74) is 8.32.